The summed E-state index contributed by atoms with van der Waals surface area (Å²) < 4.78 is 0. The lowest BCUT2D eigenvalue weighted by Gasteiger charge is -2.06. The summed E-state index contributed by atoms with van der Waals surface area (Å²) >= 11 is 0. The van der Waals surface area contributed by atoms with E-state index in [4.69, 9.17) is 4.98 Å². The molecule has 0 aliphatic rings. The first kappa shape index (κ1) is 16.3. The van der Waals surface area contributed by atoms with Gasteiger partial charge in [-0.2, -0.15) is 5.10 Å². The largest absolute Gasteiger partial charge is 0.366 e. The Labute approximate surface area is 162 Å². The van der Waals surface area contributed by atoms with Crippen LogP contribution in [0.4, 0.5) is 5.82 Å². The molecular weight excluding hydrogens is 346 g/mol. The van der Waals surface area contributed by atoms with Gasteiger partial charge in [-0.25, -0.2) is 4.98 Å². The number of benzene rings is 2. The highest BCUT2D eigenvalue weighted by Gasteiger charge is 2.14. The first-order valence-corrected chi connectivity index (χ1v) is 9.23. The number of fused-ring (bicyclic) bond motifs is 1. The van der Waals surface area contributed by atoms with E-state index in [9.17, 15) is 0 Å². The highest BCUT2D eigenvalue weighted by Crippen LogP contribution is 2.34. The Morgan fingerprint density at radius 2 is 1.61 bits per heavy atom. The van der Waals surface area contributed by atoms with Crippen molar-refractivity contribution in [2.24, 2.45) is 0 Å². The van der Waals surface area contributed by atoms with E-state index >= 15 is 0 Å². The third kappa shape index (κ3) is 3.03. The van der Waals surface area contributed by atoms with E-state index in [0.717, 1.165) is 45.8 Å². The van der Waals surface area contributed by atoms with Crippen LogP contribution in [-0.2, 0) is 6.54 Å². The van der Waals surface area contributed by atoms with E-state index in [1.165, 1.54) is 5.56 Å². The fourth-order valence-corrected chi connectivity index (χ4v) is 3.43. The van der Waals surface area contributed by atoms with Gasteiger partial charge >= 0.3 is 0 Å². The maximum Gasteiger partial charge on any atom is 0.140 e. The van der Waals surface area contributed by atoms with Crippen molar-refractivity contribution in [3.8, 4) is 22.4 Å². The van der Waals surface area contributed by atoms with Crippen molar-refractivity contribution in [2.45, 2.75) is 6.54 Å². The van der Waals surface area contributed by atoms with Crippen molar-refractivity contribution >= 4 is 16.9 Å². The van der Waals surface area contributed by atoms with Crippen LogP contribution in [0.1, 0.15) is 5.56 Å². The molecule has 0 bridgehead atoms. The molecular formula is C23H19N5. The standard InChI is InChI=1S/C23H19N5/c1-3-7-16(8-4-1)13-24-21-12-11-18-20(14-25-23(18)27-21)22-19(15-26-28-22)17-9-5-2-6-10-17/h1-12,14-15H,13H2,(H,26,28)(H2,24,25,27). The van der Waals surface area contributed by atoms with Gasteiger partial charge in [-0.15, -0.1) is 0 Å². The molecule has 2 aromatic carbocycles. The van der Waals surface area contributed by atoms with E-state index in [1.807, 2.05) is 54.9 Å². The normalized spacial score (nSPS) is 11.0. The summed E-state index contributed by atoms with van der Waals surface area (Å²) in [6, 6.07) is 24.7. The molecule has 0 fully saturated rings. The van der Waals surface area contributed by atoms with Crippen molar-refractivity contribution in [3.05, 3.63) is 90.8 Å². The number of anilines is 1. The maximum absolute atomic E-state index is 4.72. The summed E-state index contributed by atoms with van der Waals surface area (Å²) in [5, 5.41) is 11.9. The van der Waals surface area contributed by atoms with Crippen LogP contribution < -0.4 is 5.32 Å². The second-order valence-corrected chi connectivity index (χ2v) is 6.66. The van der Waals surface area contributed by atoms with Gasteiger partial charge in [-0.05, 0) is 23.3 Å². The van der Waals surface area contributed by atoms with E-state index in [0.29, 0.717) is 0 Å². The highest BCUT2D eigenvalue weighted by molar-refractivity contribution is 5.97. The number of H-pyrrole nitrogens is 2. The molecule has 0 saturated carbocycles. The van der Waals surface area contributed by atoms with E-state index < -0.39 is 0 Å². The zero-order chi connectivity index (χ0) is 18.8. The number of pyridine rings is 1. The van der Waals surface area contributed by atoms with Gasteiger partial charge in [-0.1, -0.05) is 60.7 Å². The quantitative estimate of drug-likeness (QED) is 0.399. The third-order valence-corrected chi connectivity index (χ3v) is 4.85. The van der Waals surface area contributed by atoms with Crippen LogP contribution in [0, 0.1) is 0 Å². The minimum Gasteiger partial charge on any atom is -0.366 e. The Kier molecular flexibility index (Phi) is 4.10. The molecule has 5 aromatic rings. The van der Waals surface area contributed by atoms with Crippen molar-refractivity contribution in [1.82, 2.24) is 20.2 Å². The molecule has 0 unspecified atom stereocenters. The van der Waals surface area contributed by atoms with Crippen molar-refractivity contribution in [2.75, 3.05) is 5.32 Å². The summed E-state index contributed by atoms with van der Waals surface area (Å²) in [5.74, 6) is 0.845. The summed E-state index contributed by atoms with van der Waals surface area (Å²) in [5.41, 5.74) is 6.34. The molecule has 5 nitrogen and oxygen atoms in total. The van der Waals surface area contributed by atoms with Crippen LogP contribution in [0.25, 0.3) is 33.4 Å². The van der Waals surface area contributed by atoms with Crippen molar-refractivity contribution in [3.63, 3.8) is 0 Å². The van der Waals surface area contributed by atoms with Crippen molar-refractivity contribution in [1.29, 1.82) is 0 Å². The minimum absolute atomic E-state index is 0.742. The van der Waals surface area contributed by atoms with Crippen LogP contribution in [0.5, 0.6) is 0 Å². The van der Waals surface area contributed by atoms with Gasteiger partial charge < -0.3 is 10.3 Å². The summed E-state index contributed by atoms with van der Waals surface area (Å²) in [4.78, 5) is 8.02. The maximum atomic E-state index is 4.72. The average Bonchev–Trinajstić information content (AvgIpc) is 3.40. The number of aromatic amines is 2. The fourth-order valence-electron chi connectivity index (χ4n) is 3.43. The predicted molar refractivity (Wildman–Crippen MR) is 113 cm³/mol. The molecule has 28 heavy (non-hydrogen) atoms. The topological polar surface area (TPSA) is 69.4 Å². The zero-order valence-corrected chi connectivity index (χ0v) is 15.2. The van der Waals surface area contributed by atoms with Gasteiger partial charge in [0.1, 0.15) is 11.5 Å². The molecule has 0 aliphatic heterocycles. The smallest absolute Gasteiger partial charge is 0.140 e. The molecule has 0 spiro atoms. The first-order chi connectivity index (χ1) is 13.9. The second-order valence-electron chi connectivity index (χ2n) is 6.66. The molecule has 3 aromatic heterocycles. The van der Waals surface area contributed by atoms with Crippen LogP contribution in [-0.4, -0.2) is 20.2 Å². The number of rotatable bonds is 5. The van der Waals surface area contributed by atoms with Gasteiger partial charge in [0.15, 0.2) is 0 Å². The molecule has 0 radical (unpaired) electrons. The lowest BCUT2D eigenvalue weighted by atomic mass is 10.0. The number of hydrogen-bond acceptors (Lipinski definition) is 3. The molecule has 3 N–H and O–H groups in total. The Balaban J connectivity index is 1.46. The van der Waals surface area contributed by atoms with E-state index in [2.05, 4.69) is 50.8 Å². The van der Waals surface area contributed by atoms with Crippen LogP contribution in [0.3, 0.4) is 0 Å². The predicted octanol–water partition coefficient (Wildman–Crippen LogP) is 5.23. The Morgan fingerprint density at radius 3 is 2.43 bits per heavy atom. The van der Waals surface area contributed by atoms with Crippen LogP contribution in [0.2, 0.25) is 0 Å². The number of nitrogens with zero attached hydrogens (tertiary/aromatic N) is 2. The van der Waals surface area contributed by atoms with Gasteiger partial charge in [0.2, 0.25) is 0 Å². The SMILES string of the molecule is c1ccc(CNc2ccc3c(-c4[nH]ncc4-c4ccccc4)c[nH]c3n2)cc1. The molecule has 5 rings (SSSR count). The fraction of sp³-hybridized carbons (Fsp3) is 0.0435. The molecule has 0 amide bonds. The summed E-state index contributed by atoms with van der Waals surface area (Å²) in [7, 11) is 0. The van der Waals surface area contributed by atoms with Gasteiger partial charge in [-0.3, -0.25) is 5.10 Å². The zero-order valence-electron chi connectivity index (χ0n) is 15.2. The van der Waals surface area contributed by atoms with E-state index in [-0.39, 0.29) is 0 Å². The molecule has 136 valence electrons. The third-order valence-electron chi connectivity index (χ3n) is 4.85. The number of aromatic nitrogens is 4. The molecule has 0 saturated heterocycles. The summed E-state index contributed by atoms with van der Waals surface area (Å²) in [6.07, 6.45) is 3.85. The monoisotopic (exact) mass is 365 g/mol. The molecule has 5 heteroatoms. The lowest BCUT2D eigenvalue weighted by Crippen LogP contribution is -2.00. The summed E-state index contributed by atoms with van der Waals surface area (Å²) in [6.45, 7) is 0.742. The second kappa shape index (κ2) is 7.04. The number of hydrogen-bond donors (Lipinski definition) is 3. The van der Waals surface area contributed by atoms with Gasteiger partial charge in [0, 0.05) is 29.3 Å². The van der Waals surface area contributed by atoms with E-state index in [1.54, 1.807) is 0 Å². The molecule has 0 atom stereocenters. The minimum atomic E-state index is 0.742. The lowest BCUT2D eigenvalue weighted by molar-refractivity contribution is 1.10. The van der Waals surface area contributed by atoms with Gasteiger partial charge in [0.05, 0.1) is 11.9 Å². The molecule has 3 heterocycles. The van der Waals surface area contributed by atoms with Crippen molar-refractivity contribution < 1.29 is 0 Å². The Morgan fingerprint density at radius 1 is 0.821 bits per heavy atom. The highest BCUT2D eigenvalue weighted by atomic mass is 15.1. The average molecular weight is 365 g/mol. The van der Waals surface area contributed by atoms with Crippen LogP contribution >= 0.6 is 0 Å². The Bertz CT molecular complexity index is 1210. The Hall–Kier alpha value is -3.86. The first-order valence-electron chi connectivity index (χ1n) is 9.23. The van der Waals surface area contributed by atoms with Crippen LogP contribution in [0.15, 0.2) is 85.2 Å². The number of nitrogens with one attached hydrogen (secondary N) is 3. The van der Waals surface area contributed by atoms with Gasteiger partial charge in [0.25, 0.3) is 0 Å². The molecule has 0 aliphatic carbocycles.